The summed E-state index contributed by atoms with van der Waals surface area (Å²) in [7, 11) is 2.87. The van der Waals surface area contributed by atoms with Crippen molar-refractivity contribution in [2.45, 2.75) is 13.3 Å². The number of esters is 1. The van der Waals surface area contributed by atoms with Crippen molar-refractivity contribution in [3.63, 3.8) is 0 Å². The van der Waals surface area contributed by atoms with Gasteiger partial charge in [0.15, 0.2) is 0 Å². The maximum atomic E-state index is 12.9. The molecule has 0 spiro atoms. The highest BCUT2D eigenvalue weighted by Gasteiger charge is 2.21. The monoisotopic (exact) mass is 311 g/mol. The fourth-order valence-electron chi connectivity index (χ4n) is 2.01. The van der Waals surface area contributed by atoms with Crippen LogP contribution in [0, 0.1) is 11.7 Å². The number of hydrogen-bond donors (Lipinski definition) is 0. The number of benzene rings is 1. The van der Waals surface area contributed by atoms with Crippen molar-refractivity contribution in [3.05, 3.63) is 35.6 Å². The zero-order valence-electron chi connectivity index (χ0n) is 13.2. The van der Waals surface area contributed by atoms with Crippen LogP contribution >= 0.6 is 0 Å². The molecular formula is C16H22FNO4. The van der Waals surface area contributed by atoms with Gasteiger partial charge in [0.25, 0.3) is 0 Å². The lowest BCUT2D eigenvalue weighted by Crippen LogP contribution is -2.40. The maximum Gasteiger partial charge on any atom is 0.310 e. The minimum atomic E-state index is -0.418. The summed E-state index contributed by atoms with van der Waals surface area (Å²) in [5.41, 5.74) is 0.722. The number of halogens is 1. The maximum absolute atomic E-state index is 12.9. The van der Waals surface area contributed by atoms with Crippen molar-refractivity contribution in [1.82, 2.24) is 4.90 Å². The molecular weight excluding hydrogens is 289 g/mol. The van der Waals surface area contributed by atoms with E-state index in [1.54, 1.807) is 31.1 Å². The van der Waals surface area contributed by atoms with Crippen molar-refractivity contribution in [1.29, 1.82) is 0 Å². The van der Waals surface area contributed by atoms with Gasteiger partial charge in [-0.2, -0.15) is 0 Å². The molecule has 0 aliphatic rings. The summed E-state index contributed by atoms with van der Waals surface area (Å²) >= 11 is 0. The molecule has 0 aliphatic heterocycles. The highest BCUT2D eigenvalue weighted by atomic mass is 19.1. The SMILES string of the molecule is COCCN(CC(C)C(=O)OC)C(=O)Cc1ccc(F)cc1. The number of hydrogen-bond acceptors (Lipinski definition) is 4. The van der Waals surface area contributed by atoms with E-state index < -0.39 is 5.92 Å². The van der Waals surface area contributed by atoms with Crippen LogP contribution in [0.1, 0.15) is 12.5 Å². The molecule has 0 bridgehead atoms. The smallest absolute Gasteiger partial charge is 0.310 e. The zero-order chi connectivity index (χ0) is 16.5. The van der Waals surface area contributed by atoms with E-state index in [4.69, 9.17) is 4.74 Å². The number of nitrogens with zero attached hydrogens (tertiary/aromatic N) is 1. The van der Waals surface area contributed by atoms with E-state index in [1.165, 1.54) is 19.2 Å². The van der Waals surface area contributed by atoms with Crippen LogP contribution in [0.3, 0.4) is 0 Å². The second kappa shape index (κ2) is 9.15. The van der Waals surface area contributed by atoms with Gasteiger partial charge in [-0.15, -0.1) is 0 Å². The highest BCUT2D eigenvalue weighted by Crippen LogP contribution is 2.08. The fourth-order valence-corrected chi connectivity index (χ4v) is 2.01. The molecule has 0 radical (unpaired) electrons. The van der Waals surface area contributed by atoms with Crippen molar-refractivity contribution in [2.24, 2.45) is 5.92 Å². The normalized spacial score (nSPS) is 11.8. The number of ether oxygens (including phenoxy) is 2. The quantitative estimate of drug-likeness (QED) is 0.685. The molecule has 1 amide bonds. The summed E-state index contributed by atoms with van der Waals surface area (Å²) in [6.07, 6.45) is 0.151. The van der Waals surface area contributed by atoms with E-state index in [1.807, 2.05) is 0 Å². The number of carbonyl (C=O) groups excluding carboxylic acids is 2. The Morgan fingerprint density at radius 1 is 1.23 bits per heavy atom. The minimum Gasteiger partial charge on any atom is -0.469 e. The molecule has 1 aromatic rings. The number of amides is 1. The van der Waals surface area contributed by atoms with Gasteiger partial charge in [0.05, 0.1) is 26.1 Å². The predicted molar refractivity (Wildman–Crippen MR) is 79.7 cm³/mol. The van der Waals surface area contributed by atoms with Crippen LogP contribution < -0.4 is 0 Å². The van der Waals surface area contributed by atoms with Crippen LogP contribution in [0.15, 0.2) is 24.3 Å². The van der Waals surface area contributed by atoms with E-state index in [2.05, 4.69) is 4.74 Å². The van der Waals surface area contributed by atoms with Crippen molar-refractivity contribution >= 4 is 11.9 Å². The van der Waals surface area contributed by atoms with Gasteiger partial charge in [-0.05, 0) is 17.7 Å². The van der Waals surface area contributed by atoms with Crippen LogP contribution in [-0.2, 0) is 25.5 Å². The Bertz CT molecular complexity index is 489. The Hall–Kier alpha value is -1.95. The highest BCUT2D eigenvalue weighted by molar-refractivity contribution is 5.80. The van der Waals surface area contributed by atoms with Crippen LogP contribution in [0.2, 0.25) is 0 Å². The molecule has 5 nitrogen and oxygen atoms in total. The predicted octanol–water partition coefficient (Wildman–Crippen LogP) is 1.65. The number of rotatable bonds is 8. The molecule has 1 rings (SSSR count). The van der Waals surface area contributed by atoms with Crippen LogP contribution in [0.25, 0.3) is 0 Å². The molecule has 1 atom stereocenters. The molecule has 0 fully saturated rings. The molecule has 0 saturated carbocycles. The zero-order valence-corrected chi connectivity index (χ0v) is 13.2. The van der Waals surface area contributed by atoms with E-state index in [0.717, 1.165) is 5.56 Å². The molecule has 1 aromatic carbocycles. The van der Waals surface area contributed by atoms with Crippen LogP contribution in [0.5, 0.6) is 0 Å². The third kappa shape index (κ3) is 5.81. The van der Waals surface area contributed by atoms with E-state index >= 15 is 0 Å². The molecule has 0 saturated heterocycles. The summed E-state index contributed by atoms with van der Waals surface area (Å²) < 4.78 is 22.6. The van der Waals surface area contributed by atoms with Gasteiger partial charge in [-0.25, -0.2) is 4.39 Å². The first-order valence-electron chi connectivity index (χ1n) is 7.07. The Balaban J connectivity index is 2.70. The average Bonchev–Trinajstić information content (AvgIpc) is 2.52. The Kier molecular flexibility index (Phi) is 7.52. The van der Waals surface area contributed by atoms with E-state index in [-0.39, 0.29) is 30.7 Å². The average molecular weight is 311 g/mol. The molecule has 1 unspecified atom stereocenters. The topological polar surface area (TPSA) is 55.8 Å². The van der Waals surface area contributed by atoms with Crippen LogP contribution in [-0.4, -0.2) is 50.7 Å². The summed E-state index contributed by atoms with van der Waals surface area (Å²) in [5.74, 6) is -1.26. The summed E-state index contributed by atoms with van der Waals surface area (Å²) in [5, 5.41) is 0. The Labute approximate surface area is 130 Å². The van der Waals surface area contributed by atoms with Gasteiger partial charge >= 0.3 is 5.97 Å². The molecule has 0 heterocycles. The van der Waals surface area contributed by atoms with Crippen molar-refractivity contribution < 1.29 is 23.5 Å². The standard InChI is InChI=1S/C16H22FNO4/c1-12(16(20)22-3)11-18(8-9-21-2)15(19)10-13-4-6-14(17)7-5-13/h4-7,12H,8-11H2,1-3H3. The lowest BCUT2D eigenvalue weighted by Gasteiger charge is -2.25. The Morgan fingerprint density at radius 2 is 1.86 bits per heavy atom. The van der Waals surface area contributed by atoms with Gasteiger partial charge in [-0.1, -0.05) is 19.1 Å². The minimum absolute atomic E-state index is 0.139. The fraction of sp³-hybridized carbons (Fsp3) is 0.500. The third-order valence-corrected chi connectivity index (χ3v) is 3.28. The summed E-state index contributed by atoms with van der Waals surface area (Å²) in [4.78, 5) is 25.4. The van der Waals surface area contributed by atoms with E-state index in [9.17, 15) is 14.0 Å². The second-order valence-corrected chi connectivity index (χ2v) is 5.06. The van der Waals surface area contributed by atoms with E-state index in [0.29, 0.717) is 13.2 Å². The number of methoxy groups -OCH3 is 2. The van der Waals surface area contributed by atoms with Crippen LogP contribution in [0.4, 0.5) is 4.39 Å². The summed E-state index contributed by atoms with van der Waals surface area (Å²) in [6.45, 7) is 2.73. The van der Waals surface area contributed by atoms with Gasteiger partial charge in [0.2, 0.25) is 5.91 Å². The summed E-state index contributed by atoms with van der Waals surface area (Å²) in [6, 6.07) is 5.79. The third-order valence-electron chi connectivity index (χ3n) is 3.28. The largest absolute Gasteiger partial charge is 0.469 e. The first-order valence-corrected chi connectivity index (χ1v) is 7.07. The lowest BCUT2D eigenvalue weighted by atomic mass is 10.1. The van der Waals surface area contributed by atoms with Gasteiger partial charge in [-0.3, -0.25) is 9.59 Å². The molecule has 122 valence electrons. The van der Waals surface area contributed by atoms with Crippen molar-refractivity contribution in [2.75, 3.05) is 33.9 Å². The Morgan fingerprint density at radius 3 is 2.41 bits per heavy atom. The molecule has 6 heteroatoms. The first-order chi connectivity index (χ1) is 10.5. The lowest BCUT2D eigenvalue weighted by molar-refractivity contribution is -0.146. The molecule has 22 heavy (non-hydrogen) atoms. The van der Waals surface area contributed by atoms with Gasteiger partial charge < -0.3 is 14.4 Å². The van der Waals surface area contributed by atoms with Gasteiger partial charge in [0, 0.05) is 20.2 Å². The second-order valence-electron chi connectivity index (χ2n) is 5.06. The molecule has 0 aliphatic carbocycles. The first kappa shape index (κ1) is 18.1. The molecule has 0 N–H and O–H groups in total. The van der Waals surface area contributed by atoms with Gasteiger partial charge in [0.1, 0.15) is 5.82 Å². The van der Waals surface area contributed by atoms with Crippen molar-refractivity contribution in [3.8, 4) is 0 Å². The number of carbonyl (C=O) groups is 2. The molecule has 0 aromatic heterocycles.